The number of ether oxygens (including phenoxy) is 1. The molecule has 0 spiro atoms. The van der Waals surface area contributed by atoms with E-state index in [1.54, 1.807) is 0 Å². The predicted molar refractivity (Wildman–Crippen MR) is 71.0 cm³/mol. The minimum absolute atomic E-state index is 0.0900. The first-order valence-electron chi connectivity index (χ1n) is 5.54. The van der Waals surface area contributed by atoms with Crippen molar-refractivity contribution in [2.45, 2.75) is 33.2 Å². The zero-order valence-electron chi connectivity index (χ0n) is 10.3. The number of hydrogen-bond donors (Lipinski definition) is 0. The fourth-order valence-electron chi connectivity index (χ4n) is 2.14. The molecule has 1 aromatic rings. The first kappa shape index (κ1) is 11.9. The van der Waals surface area contributed by atoms with Gasteiger partial charge in [0, 0.05) is 10.2 Å². The molecule has 1 heterocycles. The Bertz CT molecular complexity index is 391. The molecule has 88 valence electrons. The van der Waals surface area contributed by atoms with Crippen LogP contribution in [0.15, 0.2) is 16.6 Å². The maximum Gasteiger partial charge on any atom is 0.119 e. The highest BCUT2D eigenvalue weighted by molar-refractivity contribution is 9.10. The minimum atomic E-state index is 0.0900. The summed E-state index contributed by atoms with van der Waals surface area (Å²) in [6.07, 6.45) is 0. The fraction of sp³-hybridized carbons (Fsp3) is 0.538. The van der Waals surface area contributed by atoms with Crippen molar-refractivity contribution < 1.29 is 4.74 Å². The van der Waals surface area contributed by atoms with E-state index in [1.807, 2.05) is 0 Å². The molecule has 1 fully saturated rings. The molecular weight excluding hydrogens is 266 g/mol. The topological polar surface area (TPSA) is 12.5 Å². The number of aryl methyl sites for hydroxylation is 2. The summed E-state index contributed by atoms with van der Waals surface area (Å²) in [4.78, 5) is 2.32. The van der Waals surface area contributed by atoms with Gasteiger partial charge in [-0.2, -0.15) is 0 Å². The van der Waals surface area contributed by atoms with Crippen molar-refractivity contribution in [3.05, 3.63) is 27.7 Å². The van der Waals surface area contributed by atoms with E-state index in [4.69, 9.17) is 4.74 Å². The normalized spacial score (nSPS) is 19.2. The monoisotopic (exact) mass is 283 g/mol. The van der Waals surface area contributed by atoms with Gasteiger partial charge in [0.05, 0.1) is 12.1 Å². The molecule has 0 aromatic heterocycles. The Morgan fingerprint density at radius 2 is 1.81 bits per heavy atom. The van der Waals surface area contributed by atoms with Gasteiger partial charge in [-0.3, -0.25) is 0 Å². The lowest BCUT2D eigenvalue weighted by atomic mass is 10.0. The molecular formula is C13H18BrNO. The summed E-state index contributed by atoms with van der Waals surface area (Å²) in [7, 11) is 0. The molecule has 16 heavy (non-hydrogen) atoms. The highest BCUT2D eigenvalue weighted by Crippen LogP contribution is 2.33. The molecule has 0 bridgehead atoms. The molecule has 0 aliphatic carbocycles. The largest absolute Gasteiger partial charge is 0.359 e. The van der Waals surface area contributed by atoms with E-state index in [0.717, 1.165) is 6.61 Å². The summed E-state index contributed by atoms with van der Waals surface area (Å²) in [6, 6.07) is 4.43. The van der Waals surface area contributed by atoms with Gasteiger partial charge in [-0.15, -0.1) is 0 Å². The fourth-order valence-corrected chi connectivity index (χ4v) is 2.37. The smallest absolute Gasteiger partial charge is 0.119 e. The zero-order valence-corrected chi connectivity index (χ0v) is 11.9. The molecule has 1 aliphatic rings. The molecule has 1 aliphatic heterocycles. The van der Waals surface area contributed by atoms with Crippen LogP contribution in [0.4, 0.5) is 5.69 Å². The van der Waals surface area contributed by atoms with Gasteiger partial charge in [-0.1, -0.05) is 15.9 Å². The van der Waals surface area contributed by atoms with Gasteiger partial charge in [0.25, 0.3) is 0 Å². The van der Waals surface area contributed by atoms with E-state index in [2.05, 4.69) is 60.7 Å². The summed E-state index contributed by atoms with van der Waals surface area (Å²) in [5, 5.41) is 0. The molecule has 2 rings (SSSR count). The lowest BCUT2D eigenvalue weighted by Crippen LogP contribution is -2.40. The average Bonchev–Trinajstić information content (AvgIpc) is 2.53. The van der Waals surface area contributed by atoms with Gasteiger partial charge >= 0.3 is 0 Å². The van der Waals surface area contributed by atoms with E-state index < -0.39 is 0 Å². The zero-order chi connectivity index (χ0) is 11.9. The Morgan fingerprint density at radius 1 is 1.25 bits per heavy atom. The van der Waals surface area contributed by atoms with E-state index in [-0.39, 0.29) is 5.54 Å². The number of benzene rings is 1. The van der Waals surface area contributed by atoms with Crippen LogP contribution in [-0.2, 0) is 4.74 Å². The van der Waals surface area contributed by atoms with Crippen LogP contribution in [0.25, 0.3) is 0 Å². The van der Waals surface area contributed by atoms with Crippen molar-refractivity contribution in [1.29, 1.82) is 0 Å². The van der Waals surface area contributed by atoms with Crippen molar-refractivity contribution in [2.24, 2.45) is 0 Å². The Balaban J connectivity index is 2.41. The molecule has 0 radical (unpaired) electrons. The third-order valence-electron chi connectivity index (χ3n) is 3.14. The number of halogens is 1. The first-order valence-corrected chi connectivity index (χ1v) is 6.33. The average molecular weight is 284 g/mol. The van der Waals surface area contributed by atoms with Crippen LogP contribution < -0.4 is 4.90 Å². The number of nitrogens with zero attached hydrogens (tertiary/aromatic N) is 1. The molecule has 0 atom stereocenters. The van der Waals surface area contributed by atoms with Gasteiger partial charge in [0.1, 0.15) is 6.73 Å². The maximum atomic E-state index is 5.55. The second-order valence-corrected chi connectivity index (χ2v) is 5.90. The van der Waals surface area contributed by atoms with Crippen LogP contribution in [-0.4, -0.2) is 18.9 Å². The first-order chi connectivity index (χ1) is 7.42. The van der Waals surface area contributed by atoms with Crippen molar-refractivity contribution in [2.75, 3.05) is 18.2 Å². The van der Waals surface area contributed by atoms with Crippen molar-refractivity contribution >= 4 is 21.6 Å². The molecule has 1 saturated heterocycles. The number of anilines is 1. The molecule has 0 unspecified atom stereocenters. The molecule has 1 aromatic carbocycles. The van der Waals surface area contributed by atoms with Crippen LogP contribution in [0.5, 0.6) is 0 Å². The molecule has 0 N–H and O–H groups in total. The molecule has 0 saturated carbocycles. The summed E-state index contributed by atoms with van der Waals surface area (Å²) >= 11 is 3.60. The Labute approximate surface area is 106 Å². The standard InChI is InChI=1S/C13H18BrNO/c1-9-5-11(6-10(2)12(9)14)15-8-16-7-13(15,3)4/h5-6H,7-8H2,1-4H3. The highest BCUT2D eigenvalue weighted by Gasteiger charge is 2.33. The van der Waals surface area contributed by atoms with Gasteiger partial charge in [-0.05, 0) is 51.0 Å². The Hall–Kier alpha value is -0.540. The number of rotatable bonds is 1. The van der Waals surface area contributed by atoms with E-state index in [0.29, 0.717) is 6.73 Å². The lowest BCUT2D eigenvalue weighted by molar-refractivity contribution is 0.184. The van der Waals surface area contributed by atoms with Crippen LogP contribution >= 0.6 is 15.9 Å². The van der Waals surface area contributed by atoms with Crippen molar-refractivity contribution in [3.8, 4) is 0 Å². The molecule has 2 nitrogen and oxygen atoms in total. The summed E-state index contributed by atoms with van der Waals surface area (Å²) in [5.41, 5.74) is 3.89. The molecule has 3 heteroatoms. The van der Waals surface area contributed by atoms with Gasteiger partial charge < -0.3 is 9.64 Å². The van der Waals surface area contributed by atoms with Crippen LogP contribution in [0.1, 0.15) is 25.0 Å². The van der Waals surface area contributed by atoms with Crippen molar-refractivity contribution in [1.82, 2.24) is 0 Å². The summed E-state index contributed by atoms with van der Waals surface area (Å²) in [6.45, 7) is 10.2. The van der Waals surface area contributed by atoms with Crippen LogP contribution in [0.3, 0.4) is 0 Å². The number of hydrogen-bond acceptors (Lipinski definition) is 2. The lowest BCUT2D eigenvalue weighted by Gasteiger charge is -2.31. The third kappa shape index (κ3) is 1.98. The predicted octanol–water partition coefficient (Wildman–Crippen LogP) is 3.64. The molecule has 0 amide bonds. The van der Waals surface area contributed by atoms with Gasteiger partial charge in [-0.25, -0.2) is 0 Å². The minimum Gasteiger partial charge on any atom is -0.359 e. The highest BCUT2D eigenvalue weighted by atomic mass is 79.9. The second-order valence-electron chi connectivity index (χ2n) is 5.11. The van der Waals surface area contributed by atoms with Gasteiger partial charge in [0.2, 0.25) is 0 Å². The van der Waals surface area contributed by atoms with Crippen molar-refractivity contribution in [3.63, 3.8) is 0 Å². The van der Waals surface area contributed by atoms with Crippen LogP contribution in [0, 0.1) is 13.8 Å². The maximum absolute atomic E-state index is 5.55. The van der Waals surface area contributed by atoms with E-state index in [9.17, 15) is 0 Å². The Kier molecular flexibility index (Phi) is 3.01. The second kappa shape index (κ2) is 4.04. The summed E-state index contributed by atoms with van der Waals surface area (Å²) in [5.74, 6) is 0. The van der Waals surface area contributed by atoms with E-state index >= 15 is 0 Å². The van der Waals surface area contributed by atoms with Gasteiger partial charge in [0.15, 0.2) is 0 Å². The van der Waals surface area contributed by atoms with Crippen LogP contribution in [0.2, 0.25) is 0 Å². The third-order valence-corrected chi connectivity index (χ3v) is 4.39. The Morgan fingerprint density at radius 3 is 2.25 bits per heavy atom. The SMILES string of the molecule is Cc1cc(N2COCC2(C)C)cc(C)c1Br. The summed E-state index contributed by atoms with van der Waals surface area (Å²) < 4.78 is 6.75. The van der Waals surface area contributed by atoms with E-state index in [1.165, 1.54) is 21.3 Å². The quantitative estimate of drug-likeness (QED) is 0.780.